The predicted molar refractivity (Wildman–Crippen MR) is 79.7 cm³/mol. The molecular formula is C13H13Br2NO2. The lowest BCUT2D eigenvalue weighted by atomic mass is 10.1. The number of rotatable bonds is 4. The molecule has 0 unspecified atom stereocenters. The van der Waals surface area contributed by atoms with E-state index in [1.807, 2.05) is 31.2 Å². The molecule has 5 heteroatoms. The highest BCUT2D eigenvalue weighted by Gasteiger charge is 2.25. The van der Waals surface area contributed by atoms with Gasteiger partial charge in [0.2, 0.25) is 0 Å². The number of carbonyl (C=O) groups excluding carboxylic acids is 1. The van der Waals surface area contributed by atoms with Crippen molar-refractivity contribution in [2.45, 2.75) is 12.5 Å². The molecule has 1 aromatic heterocycles. The van der Waals surface area contributed by atoms with Crippen molar-refractivity contribution in [3.8, 4) is 0 Å². The summed E-state index contributed by atoms with van der Waals surface area (Å²) in [7, 11) is 0. The van der Waals surface area contributed by atoms with E-state index in [-0.39, 0.29) is 11.4 Å². The zero-order valence-corrected chi connectivity index (χ0v) is 13.0. The van der Waals surface area contributed by atoms with Gasteiger partial charge in [-0.2, -0.15) is 0 Å². The number of furan rings is 1. The van der Waals surface area contributed by atoms with Crippen LogP contribution >= 0.6 is 31.9 Å². The molecular weight excluding hydrogens is 362 g/mol. The van der Waals surface area contributed by atoms with Crippen LogP contribution in [0.5, 0.6) is 0 Å². The average Bonchev–Trinajstić information content (AvgIpc) is 2.82. The normalized spacial score (nSPS) is 11.7. The molecule has 0 radical (unpaired) electrons. The molecule has 2 rings (SSSR count). The molecule has 0 bridgehead atoms. The zero-order valence-electron chi connectivity index (χ0n) is 9.87. The van der Waals surface area contributed by atoms with E-state index in [2.05, 4.69) is 37.2 Å². The second kappa shape index (κ2) is 5.45. The van der Waals surface area contributed by atoms with E-state index in [1.165, 1.54) is 6.26 Å². The van der Waals surface area contributed by atoms with Crippen molar-refractivity contribution in [2.24, 2.45) is 0 Å². The van der Waals surface area contributed by atoms with Crippen LogP contribution in [0.2, 0.25) is 0 Å². The number of fused-ring (bicyclic) bond motifs is 1. The highest BCUT2D eigenvalue weighted by Crippen LogP contribution is 2.21. The maximum Gasteiger partial charge on any atom is 0.255 e. The number of para-hydroxylation sites is 1. The van der Waals surface area contributed by atoms with E-state index in [0.29, 0.717) is 16.2 Å². The molecule has 0 fully saturated rings. The third-order valence-electron chi connectivity index (χ3n) is 2.73. The number of hydrogen-bond donors (Lipinski definition) is 1. The summed E-state index contributed by atoms with van der Waals surface area (Å²) in [4.78, 5) is 12.2. The molecule has 0 aliphatic heterocycles. The van der Waals surface area contributed by atoms with Crippen LogP contribution in [0.4, 0.5) is 0 Å². The maximum absolute atomic E-state index is 12.2. The third kappa shape index (κ3) is 2.62. The molecule has 1 N–H and O–H groups in total. The topological polar surface area (TPSA) is 42.2 Å². The zero-order chi connectivity index (χ0) is 13.2. The van der Waals surface area contributed by atoms with Crippen molar-refractivity contribution in [3.05, 3.63) is 36.1 Å². The second-order valence-electron chi connectivity index (χ2n) is 4.43. The highest BCUT2D eigenvalue weighted by atomic mass is 79.9. The standard InChI is InChI=1S/C13H13Br2NO2/c1-13(7-14,8-15)16-12(17)10-6-18-11-5-3-2-4-9(10)11/h2-6H,7-8H2,1H3,(H,16,17). The summed E-state index contributed by atoms with van der Waals surface area (Å²) in [5.74, 6) is -0.124. The summed E-state index contributed by atoms with van der Waals surface area (Å²) >= 11 is 6.81. The Labute approximate surface area is 122 Å². The lowest BCUT2D eigenvalue weighted by molar-refractivity contribution is 0.0924. The molecule has 0 saturated heterocycles. The highest BCUT2D eigenvalue weighted by molar-refractivity contribution is 9.09. The van der Waals surface area contributed by atoms with Gasteiger partial charge in [-0.25, -0.2) is 0 Å². The van der Waals surface area contributed by atoms with E-state index >= 15 is 0 Å². The van der Waals surface area contributed by atoms with Crippen LogP contribution in [-0.4, -0.2) is 22.1 Å². The number of nitrogens with one attached hydrogen (secondary N) is 1. The van der Waals surface area contributed by atoms with Gasteiger partial charge in [-0.1, -0.05) is 50.1 Å². The first-order valence-electron chi connectivity index (χ1n) is 5.50. The van der Waals surface area contributed by atoms with Gasteiger partial charge >= 0.3 is 0 Å². The minimum absolute atomic E-state index is 0.124. The van der Waals surface area contributed by atoms with Gasteiger partial charge in [0.25, 0.3) is 5.91 Å². The van der Waals surface area contributed by atoms with Crippen LogP contribution in [0.15, 0.2) is 34.9 Å². The molecule has 1 heterocycles. The number of halogens is 2. The van der Waals surface area contributed by atoms with Crippen LogP contribution in [0.3, 0.4) is 0 Å². The minimum Gasteiger partial charge on any atom is -0.463 e. The summed E-state index contributed by atoms with van der Waals surface area (Å²) in [5.41, 5.74) is 0.968. The summed E-state index contributed by atoms with van der Waals surface area (Å²) < 4.78 is 5.37. The molecule has 0 spiro atoms. The molecule has 1 amide bonds. The van der Waals surface area contributed by atoms with Crippen molar-refractivity contribution in [3.63, 3.8) is 0 Å². The van der Waals surface area contributed by atoms with Crippen molar-refractivity contribution in [1.82, 2.24) is 5.32 Å². The van der Waals surface area contributed by atoms with Gasteiger partial charge in [0, 0.05) is 16.0 Å². The van der Waals surface area contributed by atoms with E-state index in [1.54, 1.807) is 0 Å². The Morgan fingerprint density at radius 1 is 1.33 bits per heavy atom. The summed E-state index contributed by atoms with van der Waals surface area (Å²) in [6.45, 7) is 1.97. The Balaban J connectivity index is 2.29. The summed E-state index contributed by atoms with van der Waals surface area (Å²) in [6.07, 6.45) is 1.50. The van der Waals surface area contributed by atoms with Crippen LogP contribution in [0, 0.1) is 0 Å². The third-order valence-corrected chi connectivity index (χ3v) is 5.21. The van der Waals surface area contributed by atoms with Gasteiger partial charge in [-0.05, 0) is 13.0 Å². The monoisotopic (exact) mass is 373 g/mol. The molecule has 3 nitrogen and oxygen atoms in total. The molecule has 0 aliphatic rings. The van der Waals surface area contributed by atoms with Gasteiger partial charge < -0.3 is 9.73 Å². The van der Waals surface area contributed by atoms with Gasteiger partial charge in [0.15, 0.2) is 0 Å². The molecule has 1 aromatic carbocycles. The Kier molecular flexibility index (Phi) is 4.12. The van der Waals surface area contributed by atoms with Crippen LogP contribution in [-0.2, 0) is 0 Å². The van der Waals surface area contributed by atoms with Gasteiger partial charge in [0.1, 0.15) is 11.8 Å². The quantitative estimate of drug-likeness (QED) is 0.829. The Morgan fingerprint density at radius 2 is 2.00 bits per heavy atom. The first kappa shape index (κ1) is 13.6. The maximum atomic E-state index is 12.2. The van der Waals surface area contributed by atoms with Crippen molar-refractivity contribution < 1.29 is 9.21 Å². The Morgan fingerprint density at radius 3 is 2.67 bits per heavy atom. The second-order valence-corrected chi connectivity index (χ2v) is 5.55. The van der Waals surface area contributed by atoms with E-state index in [4.69, 9.17) is 4.42 Å². The van der Waals surface area contributed by atoms with Crippen molar-refractivity contribution >= 4 is 48.7 Å². The molecule has 0 saturated carbocycles. The van der Waals surface area contributed by atoms with Gasteiger partial charge in [0.05, 0.1) is 11.1 Å². The summed E-state index contributed by atoms with van der Waals surface area (Å²) in [5, 5.41) is 5.18. The van der Waals surface area contributed by atoms with E-state index < -0.39 is 0 Å². The summed E-state index contributed by atoms with van der Waals surface area (Å²) in [6, 6.07) is 7.51. The Hall–Kier alpha value is -0.810. The number of alkyl halides is 2. The molecule has 18 heavy (non-hydrogen) atoms. The lowest BCUT2D eigenvalue weighted by Gasteiger charge is -2.26. The number of carbonyl (C=O) groups is 1. The van der Waals surface area contributed by atoms with E-state index in [0.717, 1.165) is 11.0 Å². The molecule has 0 aliphatic carbocycles. The van der Waals surface area contributed by atoms with Crippen molar-refractivity contribution in [2.75, 3.05) is 10.7 Å². The fraction of sp³-hybridized carbons (Fsp3) is 0.308. The molecule has 2 aromatic rings. The first-order chi connectivity index (χ1) is 8.59. The lowest BCUT2D eigenvalue weighted by Crippen LogP contribution is -2.48. The van der Waals surface area contributed by atoms with Gasteiger partial charge in [-0.15, -0.1) is 0 Å². The number of benzene rings is 1. The fourth-order valence-electron chi connectivity index (χ4n) is 1.60. The van der Waals surface area contributed by atoms with Gasteiger partial charge in [-0.3, -0.25) is 4.79 Å². The average molecular weight is 375 g/mol. The Bertz CT molecular complexity index is 561. The minimum atomic E-state index is -0.324. The number of hydrogen-bond acceptors (Lipinski definition) is 2. The van der Waals surface area contributed by atoms with Crippen molar-refractivity contribution in [1.29, 1.82) is 0 Å². The molecule has 0 atom stereocenters. The molecule has 96 valence electrons. The number of amides is 1. The van der Waals surface area contributed by atoms with Crippen LogP contribution in [0.1, 0.15) is 17.3 Å². The smallest absolute Gasteiger partial charge is 0.255 e. The predicted octanol–water partition coefficient (Wildman–Crippen LogP) is 3.71. The van der Waals surface area contributed by atoms with Crippen LogP contribution < -0.4 is 5.32 Å². The first-order valence-corrected chi connectivity index (χ1v) is 7.74. The largest absolute Gasteiger partial charge is 0.463 e. The SMILES string of the molecule is CC(CBr)(CBr)NC(=O)c1coc2ccccc12. The van der Waals surface area contributed by atoms with Crippen LogP contribution in [0.25, 0.3) is 11.0 Å². The van der Waals surface area contributed by atoms with E-state index in [9.17, 15) is 4.79 Å². The fourth-order valence-corrected chi connectivity index (χ4v) is 2.81.